The van der Waals surface area contributed by atoms with E-state index in [0.29, 0.717) is 16.8 Å². The summed E-state index contributed by atoms with van der Waals surface area (Å²) in [5, 5.41) is 0. The molecule has 0 N–H and O–H groups in total. The van der Waals surface area contributed by atoms with Crippen molar-refractivity contribution in [3.8, 4) is 5.75 Å². The summed E-state index contributed by atoms with van der Waals surface area (Å²) in [6, 6.07) is 1.99. The average Bonchev–Trinajstić information content (AvgIpc) is 2.22. The number of halogens is 3. The summed E-state index contributed by atoms with van der Waals surface area (Å²) in [5.41, 5.74) is 0. The fourth-order valence-electron chi connectivity index (χ4n) is 1.17. The number of benzene rings is 1. The van der Waals surface area contributed by atoms with Crippen LogP contribution >= 0.6 is 28.6 Å². The van der Waals surface area contributed by atoms with Crippen LogP contribution in [0.1, 0.15) is 13.3 Å². The van der Waals surface area contributed by atoms with Crippen molar-refractivity contribution < 1.29 is 13.5 Å². The van der Waals surface area contributed by atoms with Gasteiger partial charge in [-0.2, -0.15) is 12.6 Å². The average molecular weight is 311 g/mol. The Hall–Kier alpha value is -0.290. The highest BCUT2D eigenvalue weighted by molar-refractivity contribution is 9.10. The Kier molecular flexibility index (Phi) is 5.55. The highest BCUT2D eigenvalue weighted by atomic mass is 79.9. The molecule has 0 saturated carbocycles. The minimum absolute atomic E-state index is 0.0571. The topological polar surface area (TPSA) is 9.23 Å². The van der Waals surface area contributed by atoms with E-state index in [1.165, 1.54) is 6.07 Å². The van der Waals surface area contributed by atoms with E-state index in [2.05, 4.69) is 28.6 Å². The Morgan fingerprint density at radius 3 is 2.62 bits per heavy atom. The van der Waals surface area contributed by atoms with Gasteiger partial charge in [-0.1, -0.05) is 6.92 Å². The van der Waals surface area contributed by atoms with Gasteiger partial charge in [0, 0.05) is 12.0 Å². The van der Waals surface area contributed by atoms with Crippen molar-refractivity contribution >= 4 is 28.6 Å². The molecule has 1 atom stereocenters. The van der Waals surface area contributed by atoms with Gasteiger partial charge in [0.05, 0.1) is 11.1 Å². The number of rotatable bonds is 5. The molecule has 16 heavy (non-hydrogen) atoms. The van der Waals surface area contributed by atoms with Crippen LogP contribution in [0.3, 0.4) is 0 Å². The first-order valence-electron chi connectivity index (χ1n) is 4.96. The Labute approximate surface area is 108 Å². The smallest absolute Gasteiger partial charge is 0.169 e. The molecule has 1 rings (SSSR count). The third-order valence-electron chi connectivity index (χ3n) is 2.26. The lowest BCUT2D eigenvalue weighted by atomic mass is 10.1. The van der Waals surface area contributed by atoms with E-state index >= 15 is 0 Å². The van der Waals surface area contributed by atoms with Crippen LogP contribution in [0.4, 0.5) is 8.78 Å². The number of hydrogen-bond donors (Lipinski definition) is 1. The number of thiol groups is 1. The highest BCUT2D eigenvalue weighted by Gasteiger charge is 2.13. The molecule has 0 saturated heterocycles. The Balaban J connectivity index is 2.74. The van der Waals surface area contributed by atoms with Gasteiger partial charge in [0.25, 0.3) is 0 Å². The van der Waals surface area contributed by atoms with E-state index in [-0.39, 0.29) is 11.7 Å². The van der Waals surface area contributed by atoms with Crippen molar-refractivity contribution in [1.29, 1.82) is 0 Å². The number of hydrogen-bond acceptors (Lipinski definition) is 2. The van der Waals surface area contributed by atoms with Crippen molar-refractivity contribution in [2.45, 2.75) is 13.3 Å². The minimum Gasteiger partial charge on any atom is -0.489 e. The molecule has 0 aliphatic carbocycles. The van der Waals surface area contributed by atoms with E-state index in [9.17, 15) is 8.78 Å². The fraction of sp³-hybridized carbons (Fsp3) is 0.455. The zero-order valence-electron chi connectivity index (χ0n) is 8.84. The SMILES string of the molecule is CCC(CS)COc1c(F)cc(F)cc1Br. The summed E-state index contributed by atoms with van der Waals surface area (Å²) in [6.45, 7) is 2.39. The van der Waals surface area contributed by atoms with Gasteiger partial charge in [0.1, 0.15) is 5.82 Å². The highest BCUT2D eigenvalue weighted by Crippen LogP contribution is 2.29. The standard InChI is InChI=1S/C11H13BrF2OS/c1-2-7(6-16)5-15-11-9(12)3-8(13)4-10(11)14/h3-4,7,16H,2,5-6H2,1H3. The molecule has 0 radical (unpaired) electrons. The molecular formula is C11H13BrF2OS. The Morgan fingerprint density at radius 1 is 1.44 bits per heavy atom. The normalized spacial score (nSPS) is 12.6. The molecule has 1 aromatic carbocycles. The summed E-state index contributed by atoms with van der Waals surface area (Å²) in [4.78, 5) is 0. The summed E-state index contributed by atoms with van der Waals surface area (Å²) in [7, 11) is 0. The van der Waals surface area contributed by atoms with Crippen LogP contribution in [0.2, 0.25) is 0 Å². The second kappa shape index (κ2) is 6.45. The fourth-order valence-corrected chi connectivity index (χ4v) is 2.05. The molecular weight excluding hydrogens is 298 g/mol. The van der Waals surface area contributed by atoms with E-state index < -0.39 is 11.6 Å². The van der Waals surface area contributed by atoms with Gasteiger partial charge in [-0.05, 0) is 34.2 Å². The van der Waals surface area contributed by atoms with Gasteiger partial charge in [-0.15, -0.1) is 0 Å². The van der Waals surface area contributed by atoms with Gasteiger partial charge in [-0.3, -0.25) is 0 Å². The van der Waals surface area contributed by atoms with E-state index in [4.69, 9.17) is 4.74 Å². The van der Waals surface area contributed by atoms with E-state index in [0.717, 1.165) is 12.5 Å². The Morgan fingerprint density at radius 2 is 2.12 bits per heavy atom. The van der Waals surface area contributed by atoms with Gasteiger partial charge in [0.15, 0.2) is 11.6 Å². The van der Waals surface area contributed by atoms with Gasteiger partial charge in [0.2, 0.25) is 0 Å². The first-order valence-corrected chi connectivity index (χ1v) is 6.39. The predicted molar refractivity (Wildman–Crippen MR) is 67.2 cm³/mol. The quantitative estimate of drug-likeness (QED) is 0.807. The van der Waals surface area contributed by atoms with E-state index in [1.807, 2.05) is 6.92 Å². The van der Waals surface area contributed by atoms with E-state index in [1.54, 1.807) is 0 Å². The minimum atomic E-state index is -0.694. The van der Waals surface area contributed by atoms with Crippen molar-refractivity contribution in [1.82, 2.24) is 0 Å². The third kappa shape index (κ3) is 3.63. The first-order chi connectivity index (χ1) is 7.58. The third-order valence-corrected chi connectivity index (χ3v) is 3.37. The molecule has 5 heteroatoms. The van der Waals surface area contributed by atoms with Crippen LogP contribution in [0.15, 0.2) is 16.6 Å². The monoisotopic (exact) mass is 310 g/mol. The zero-order valence-corrected chi connectivity index (χ0v) is 11.3. The zero-order chi connectivity index (χ0) is 12.1. The molecule has 1 unspecified atom stereocenters. The molecule has 1 aromatic rings. The van der Waals surface area contributed by atoms with Crippen LogP contribution < -0.4 is 4.74 Å². The first kappa shape index (κ1) is 13.8. The molecule has 0 aliphatic heterocycles. The van der Waals surface area contributed by atoms with Crippen molar-refractivity contribution in [3.05, 3.63) is 28.2 Å². The summed E-state index contributed by atoms with van der Waals surface area (Å²) < 4.78 is 31.8. The van der Waals surface area contributed by atoms with Gasteiger partial charge < -0.3 is 4.74 Å². The molecule has 0 heterocycles. The van der Waals surface area contributed by atoms with Crippen LogP contribution in [0.5, 0.6) is 5.75 Å². The summed E-state index contributed by atoms with van der Waals surface area (Å²) in [5.74, 6) is -0.322. The molecule has 0 amide bonds. The second-order valence-corrected chi connectivity index (χ2v) is 4.69. The maximum atomic E-state index is 13.4. The van der Waals surface area contributed by atoms with Crippen LogP contribution in [0.25, 0.3) is 0 Å². The summed E-state index contributed by atoms with van der Waals surface area (Å²) in [6.07, 6.45) is 0.907. The van der Waals surface area contributed by atoms with Crippen LogP contribution in [0, 0.1) is 17.6 Å². The summed E-state index contributed by atoms with van der Waals surface area (Å²) >= 11 is 7.23. The second-order valence-electron chi connectivity index (χ2n) is 3.47. The van der Waals surface area contributed by atoms with Gasteiger partial charge in [-0.25, -0.2) is 8.78 Å². The maximum absolute atomic E-state index is 13.4. The molecule has 0 spiro atoms. The molecule has 0 bridgehead atoms. The molecule has 0 aromatic heterocycles. The van der Waals surface area contributed by atoms with Crippen molar-refractivity contribution in [2.75, 3.05) is 12.4 Å². The maximum Gasteiger partial charge on any atom is 0.169 e. The molecule has 90 valence electrons. The predicted octanol–water partition coefficient (Wildman–Crippen LogP) is 4.06. The van der Waals surface area contributed by atoms with Crippen LogP contribution in [-0.2, 0) is 0 Å². The lowest BCUT2D eigenvalue weighted by molar-refractivity contribution is 0.247. The molecule has 0 aliphatic rings. The van der Waals surface area contributed by atoms with Crippen molar-refractivity contribution in [2.24, 2.45) is 5.92 Å². The van der Waals surface area contributed by atoms with Crippen molar-refractivity contribution in [3.63, 3.8) is 0 Å². The lowest BCUT2D eigenvalue weighted by Gasteiger charge is -2.14. The Bertz CT molecular complexity index is 333. The largest absolute Gasteiger partial charge is 0.489 e. The molecule has 1 nitrogen and oxygen atoms in total. The molecule has 0 fully saturated rings. The van der Waals surface area contributed by atoms with Crippen LogP contribution in [-0.4, -0.2) is 12.4 Å². The van der Waals surface area contributed by atoms with Gasteiger partial charge >= 0.3 is 0 Å². The lowest BCUT2D eigenvalue weighted by Crippen LogP contribution is -2.13. The number of ether oxygens (including phenoxy) is 1.